The molecular formula is C32H35N5O3S. The molecule has 1 fully saturated rings. The van der Waals surface area contributed by atoms with Gasteiger partial charge >= 0.3 is 0 Å². The lowest BCUT2D eigenvalue weighted by molar-refractivity contribution is -0.123. The average molecular weight is 570 g/mol. The van der Waals surface area contributed by atoms with Crippen LogP contribution in [0.5, 0.6) is 11.5 Å². The lowest BCUT2D eigenvalue weighted by atomic mass is 9.95. The van der Waals surface area contributed by atoms with E-state index in [0.717, 1.165) is 34.0 Å². The lowest BCUT2D eigenvalue weighted by Gasteiger charge is -2.29. The van der Waals surface area contributed by atoms with Crippen LogP contribution in [0.3, 0.4) is 0 Å². The Hall–Kier alpha value is -4.37. The maximum atomic E-state index is 12.7. The van der Waals surface area contributed by atoms with E-state index in [1.165, 1.54) is 0 Å². The van der Waals surface area contributed by atoms with Crippen LogP contribution in [0.25, 0.3) is 5.69 Å². The number of phenolic OH excluding ortho intramolecular Hbond substituents is 1. The Balaban J connectivity index is 1.62. The van der Waals surface area contributed by atoms with Crippen molar-refractivity contribution in [2.24, 2.45) is 5.41 Å². The van der Waals surface area contributed by atoms with Crippen LogP contribution >= 0.6 is 12.2 Å². The highest BCUT2D eigenvalue weighted by molar-refractivity contribution is 7.80. The average Bonchev–Trinajstić information content (AvgIpc) is 3.44. The van der Waals surface area contributed by atoms with Gasteiger partial charge in [0.25, 0.3) is 0 Å². The number of phenols is 1. The van der Waals surface area contributed by atoms with Crippen molar-refractivity contribution < 1.29 is 14.6 Å². The number of amides is 1. The number of methoxy groups -OCH3 is 1. The zero-order valence-electron chi connectivity index (χ0n) is 24.1. The molecule has 41 heavy (non-hydrogen) atoms. The maximum Gasteiger partial charge on any atom is 0.229 e. The molecule has 5 rings (SSSR count). The van der Waals surface area contributed by atoms with Crippen molar-refractivity contribution in [1.29, 1.82) is 0 Å². The number of aromatic hydroxyl groups is 1. The van der Waals surface area contributed by atoms with Crippen LogP contribution in [0.4, 0.5) is 11.4 Å². The summed E-state index contributed by atoms with van der Waals surface area (Å²) in [4.78, 5) is 19.5. The van der Waals surface area contributed by atoms with Crippen LogP contribution in [-0.2, 0) is 4.79 Å². The van der Waals surface area contributed by atoms with Gasteiger partial charge in [-0.2, -0.15) is 0 Å². The van der Waals surface area contributed by atoms with Crippen LogP contribution in [0, 0.1) is 19.3 Å². The van der Waals surface area contributed by atoms with Crippen molar-refractivity contribution in [3.05, 3.63) is 95.6 Å². The number of nitrogens with zero attached hydrogens (tertiary/aromatic N) is 3. The predicted octanol–water partition coefficient (Wildman–Crippen LogP) is 6.37. The van der Waals surface area contributed by atoms with E-state index in [4.69, 9.17) is 17.0 Å². The molecule has 3 heterocycles. The topological polar surface area (TPSA) is 91.7 Å². The molecule has 8 nitrogen and oxygen atoms in total. The number of anilines is 2. The Morgan fingerprint density at radius 2 is 1.76 bits per heavy atom. The van der Waals surface area contributed by atoms with E-state index in [1.807, 2.05) is 69.3 Å². The van der Waals surface area contributed by atoms with Crippen molar-refractivity contribution in [2.75, 3.05) is 17.3 Å². The van der Waals surface area contributed by atoms with Gasteiger partial charge in [0.2, 0.25) is 5.91 Å². The van der Waals surface area contributed by atoms with Gasteiger partial charge in [-0.3, -0.25) is 9.78 Å². The van der Waals surface area contributed by atoms with Crippen molar-refractivity contribution in [1.82, 2.24) is 14.9 Å². The van der Waals surface area contributed by atoms with Gasteiger partial charge in [0.1, 0.15) is 11.5 Å². The molecule has 3 N–H and O–H groups in total. The minimum absolute atomic E-state index is 0.100. The summed E-state index contributed by atoms with van der Waals surface area (Å²) in [7, 11) is 1.59. The second-order valence-corrected chi connectivity index (χ2v) is 11.7. The Bertz CT molecular complexity index is 1590. The fourth-order valence-electron chi connectivity index (χ4n) is 5.28. The van der Waals surface area contributed by atoms with Gasteiger partial charge in [-0.05, 0) is 86.2 Å². The van der Waals surface area contributed by atoms with E-state index in [0.29, 0.717) is 16.5 Å². The highest BCUT2D eigenvalue weighted by Gasteiger charge is 2.42. The number of benzene rings is 2. The van der Waals surface area contributed by atoms with Gasteiger partial charge in [0.05, 0.1) is 30.6 Å². The first kappa shape index (κ1) is 28.2. The minimum Gasteiger partial charge on any atom is -0.508 e. The van der Waals surface area contributed by atoms with E-state index in [2.05, 4.69) is 45.0 Å². The Morgan fingerprint density at radius 3 is 2.39 bits per heavy atom. The zero-order chi connectivity index (χ0) is 29.5. The molecule has 2 aromatic carbocycles. The first-order valence-electron chi connectivity index (χ1n) is 13.5. The van der Waals surface area contributed by atoms with Gasteiger partial charge in [0, 0.05) is 40.4 Å². The van der Waals surface area contributed by atoms with E-state index in [1.54, 1.807) is 25.4 Å². The van der Waals surface area contributed by atoms with Crippen LogP contribution < -0.4 is 20.3 Å². The normalized spacial score (nSPS) is 16.9. The third-order valence-corrected chi connectivity index (χ3v) is 7.70. The summed E-state index contributed by atoms with van der Waals surface area (Å²) < 4.78 is 7.90. The lowest BCUT2D eigenvalue weighted by Crippen LogP contribution is -2.30. The standard InChI is InChI=1S/C32H35N5O3S/c1-19-17-24(20(2)36(19)21-10-13-23(38)14-11-21)29-28(26-9-7-8-16-33-26)35-31(41)37(29)22-12-15-25(27(18-22)40-6)34-30(39)32(3,4)5/h7-18,28-29,38H,1-6H3,(H,34,39)(H,35,41)/t28-,29+/m0/s1. The van der Waals surface area contributed by atoms with Crippen molar-refractivity contribution in [3.63, 3.8) is 0 Å². The number of carbonyl (C=O) groups excluding carboxylic acids is 1. The second-order valence-electron chi connectivity index (χ2n) is 11.3. The molecule has 1 aliphatic heterocycles. The molecule has 0 unspecified atom stereocenters. The zero-order valence-corrected chi connectivity index (χ0v) is 24.9. The smallest absolute Gasteiger partial charge is 0.229 e. The number of aryl methyl sites for hydroxylation is 1. The largest absolute Gasteiger partial charge is 0.508 e. The molecule has 1 aliphatic rings. The first-order chi connectivity index (χ1) is 19.5. The van der Waals surface area contributed by atoms with Crippen molar-refractivity contribution in [3.8, 4) is 17.2 Å². The molecule has 0 saturated carbocycles. The number of hydrogen-bond acceptors (Lipinski definition) is 5. The molecule has 212 valence electrons. The molecule has 1 amide bonds. The van der Waals surface area contributed by atoms with E-state index in [9.17, 15) is 9.90 Å². The number of thiocarbonyl (C=S) groups is 1. The van der Waals surface area contributed by atoms with Crippen LogP contribution in [0.1, 0.15) is 55.5 Å². The first-order valence-corrected chi connectivity index (χ1v) is 13.9. The molecule has 4 aromatic rings. The van der Waals surface area contributed by atoms with E-state index in [-0.39, 0.29) is 23.7 Å². The fraction of sp³-hybridized carbons (Fsp3) is 0.281. The number of pyridine rings is 1. The summed E-state index contributed by atoms with van der Waals surface area (Å²) in [5.41, 5.74) is 5.89. The summed E-state index contributed by atoms with van der Waals surface area (Å²) in [5.74, 6) is 0.661. The minimum atomic E-state index is -0.550. The van der Waals surface area contributed by atoms with Gasteiger partial charge in [0.15, 0.2) is 5.11 Å². The molecule has 0 bridgehead atoms. The Labute approximate surface area is 246 Å². The molecular weight excluding hydrogens is 534 g/mol. The summed E-state index contributed by atoms with van der Waals surface area (Å²) in [6.45, 7) is 9.77. The van der Waals surface area contributed by atoms with Crippen LogP contribution in [0.2, 0.25) is 0 Å². The highest BCUT2D eigenvalue weighted by atomic mass is 32.1. The fourth-order valence-corrected chi connectivity index (χ4v) is 5.62. The summed E-state index contributed by atoms with van der Waals surface area (Å²) in [6, 6.07) is 20.5. The molecule has 2 atom stereocenters. The molecule has 0 spiro atoms. The highest BCUT2D eigenvalue weighted by Crippen LogP contribution is 2.45. The monoisotopic (exact) mass is 569 g/mol. The molecule has 2 aromatic heterocycles. The molecule has 0 radical (unpaired) electrons. The summed E-state index contributed by atoms with van der Waals surface area (Å²) in [5, 5.41) is 16.9. The number of ether oxygens (including phenoxy) is 1. The van der Waals surface area contributed by atoms with Gasteiger partial charge < -0.3 is 29.9 Å². The quantitative estimate of drug-likeness (QED) is 0.233. The van der Waals surface area contributed by atoms with Crippen molar-refractivity contribution in [2.45, 2.75) is 46.7 Å². The van der Waals surface area contributed by atoms with Crippen molar-refractivity contribution >= 4 is 34.6 Å². The summed E-state index contributed by atoms with van der Waals surface area (Å²) in [6.07, 6.45) is 1.79. The molecule has 9 heteroatoms. The Morgan fingerprint density at radius 1 is 1.05 bits per heavy atom. The summed E-state index contributed by atoms with van der Waals surface area (Å²) >= 11 is 5.94. The predicted molar refractivity (Wildman–Crippen MR) is 166 cm³/mol. The van der Waals surface area contributed by atoms with E-state index < -0.39 is 5.41 Å². The Kier molecular flexibility index (Phi) is 7.48. The van der Waals surface area contributed by atoms with Gasteiger partial charge in [-0.15, -0.1) is 0 Å². The number of carbonyl (C=O) groups is 1. The number of nitrogens with one attached hydrogen (secondary N) is 2. The molecule has 1 saturated heterocycles. The molecule has 0 aliphatic carbocycles. The number of hydrogen-bond donors (Lipinski definition) is 3. The van der Waals surface area contributed by atoms with Gasteiger partial charge in [-0.25, -0.2) is 0 Å². The van der Waals surface area contributed by atoms with E-state index >= 15 is 0 Å². The number of aromatic nitrogens is 2. The third kappa shape index (κ3) is 5.37. The van der Waals surface area contributed by atoms with Gasteiger partial charge in [-0.1, -0.05) is 26.8 Å². The van der Waals surface area contributed by atoms with Crippen LogP contribution in [-0.4, -0.2) is 32.8 Å². The third-order valence-electron chi connectivity index (χ3n) is 7.39. The SMILES string of the molecule is COc1cc(N2C(=S)N[C@@H](c3ccccn3)[C@H]2c2cc(C)n(-c3ccc(O)cc3)c2C)ccc1NC(=O)C(C)(C)C. The maximum absolute atomic E-state index is 12.7. The number of rotatable bonds is 6. The van der Waals surface area contributed by atoms with Crippen LogP contribution in [0.15, 0.2) is 72.9 Å². The second kappa shape index (κ2) is 10.9.